The lowest BCUT2D eigenvalue weighted by Gasteiger charge is -2.03. The van der Waals surface area contributed by atoms with Crippen molar-refractivity contribution >= 4 is 6.21 Å². The maximum absolute atomic E-state index is 11.4. The van der Waals surface area contributed by atoms with Gasteiger partial charge in [-0.2, -0.15) is 0 Å². The topological polar surface area (TPSA) is 39.0 Å². The molecular formula is C23H38N2O. The van der Waals surface area contributed by atoms with Crippen molar-refractivity contribution in [1.29, 1.82) is 0 Å². The molecule has 1 rings (SSSR count). The third kappa shape index (κ3) is 13.6. The van der Waals surface area contributed by atoms with Crippen LogP contribution in [0.25, 0.3) is 0 Å². The Bertz CT molecular complexity index is 482. The van der Waals surface area contributed by atoms with E-state index in [1.54, 1.807) is 6.21 Å². The van der Waals surface area contributed by atoms with Gasteiger partial charge in [-0.25, -0.2) is 4.74 Å². The smallest absolute Gasteiger partial charge is 0.153 e. The van der Waals surface area contributed by atoms with E-state index >= 15 is 0 Å². The Kier molecular flexibility index (Phi) is 14.5. The molecule has 146 valence electrons. The minimum Gasteiger partial charge on any atom is -0.624 e. The predicted octanol–water partition coefficient (Wildman–Crippen LogP) is 6.46. The molecule has 3 heteroatoms. The Morgan fingerprint density at radius 2 is 1.62 bits per heavy atom. The summed E-state index contributed by atoms with van der Waals surface area (Å²) in [6.07, 6.45) is 25.7. The van der Waals surface area contributed by atoms with Crippen LogP contribution < -0.4 is 0 Å². The van der Waals surface area contributed by atoms with Crippen LogP contribution in [0.5, 0.6) is 0 Å². The first-order chi connectivity index (χ1) is 12.8. The van der Waals surface area contributed by atoms with Crippen LogP contribution in [0.15, 0.2) is 36.7 Å². The van der Waals surface area contributed by atoms with Crippen molar-refractivity contribution in [3.63, 3.8) is 0 Å². The Morgan fingerprint density at radius 3 is 2.27 bits per heavy atom. The fraction of sp³-hybridized carbons (Fsp3) is 0.652. The van der Waals surface area contributed by atoms with E-state index < -0.39 is 0 Å². The summed E-state index contributed by atoms with van der Waals surface area (Å²) >= 11 is 0. The molecule has 0 saturated carbocycles. The maximum atomic E-state index is 11.4. The van der Waals surface area contributed by atoms with Gasteiger partial charge < -0.3 is 5.21 Å². The molecule has 0 atom stereocenters. The molecule has 0 N–H and O–H groups in total. The number of aryl methyl sites for hydroxylation is 1. The van der Waals surface area contributed by atoms with E-state index in [1.165, 1.54) is 63.4 Å². The van der Waals surface area contributed by atoms with Gasteiger partial charge in [0.05, 0.1) is 0 Å². The molecule has 0 bridgehead atoms. The summed E-state index contributed by atoms with van der Waals surface area (Å²) < 4.78 is 1.11. The average molecular weight is 359 g/mol. The second-order valence-corrected chi connectivity index (χ2v) is 7.10. The zero-order valence-electron chi connectivity index (χ0n) is 16.7. The Labute approximate surface area is 160 Å². The van der Waals surface area contributed by atoms with Crippen molar-refractivity contribution in [1.82, 2.24) is 4.98 Å². The number of unbranched alkanes of at least 4 members (excludes halogenated alkanes) is 9. The molecule has 0 spiro atoms. The second-order valence-electron chi connectivity index (χ2n) is 7.10. The van der Waals surface area contributed by atoms with Gasteiger partial charge >= 0.3 is 0 Å². The molecule has 0 unspecified atom stereocenters. The van der Waals surface area contributed by atoms with Gasteiger partial charge in [0.15, 0.2) is 12.8 Å². The number of hydrogen-bond acceptors (Lipinski definition) is 2. The highest BCUT2D eigenvalue weighted by Crippen LogP contribution is 2.09. The summed E-state index contributed by atoms with van der Waals surface area (Å²) in [5.41, 5.74) is 1.36. The van der Waals surface area contributed by atoms with Gasteiger partial charge in [-0.1, -0.05) is 44.4 Å². The lowest BCUT2D eigenvalue weighted by atomic mass is 10.1. The van der Waals surface area contributed by atoms with E-state index in [2.05, 4.69) is 30.1 Å². The Balaban J connectivity index is 1.82. The third-order valence-electron chi connectivity index (χ3n) is 4.60. The van der Waals surface area contributed by atoms with Crippen LogP contribution in [0.4, 0.5) is 0 Å². The van der Waals surface area contributed by atoms with Gasteiger partial charge in [-0.15, -0.1) is 0 Å². The van der Waals surface area contributed by atoms with Gasteiger partial charge in [-0.3, -0.25) is 4.98 Å². The Morgan fingerprint density at radius 1 is 0.923 bits per heavy atom. The zero-order chi connectivity index (χ0) is 18.7. The summed E-state index contributed by atoms with van der Waals surface area (Å²) in [6.45, 7) is 2.76. The zero-order valence-corrected chi connectivity index (χ0v) is 16.7. The molecule has 0 saturated heterocycles. The van der Waals surface area contributed by atoms with Crippen molar-refractivity contribution in [3.8, 4) is 0 Å². The monoisotopic (exact) mass is 358 g/mol. The largest absolute Gasteiger partial charge is 0.624 e. The number of hydroxylamine groups is 1. The van der Waals surface area contributed by atoms with E-state index in [4.69, 9.17) is 0 Å². The minimum absolute atomic E-state index is 0.663. The molecule has 0 aliphatic rings. The van der Waals surface area contributed by atoms with E-state index in [0.29, 0.717) is 6.54 Å². The molecule has 0 fully saturated rings. The molecule has 0 aliphatic heterocycles. The van der Waals surface area contributed by atoms with Crippen LogP contribution in [-0.4, -0.2) is 22.5 Å². The van der Waals surface area contributed by atoms with E-state index in [0.717, 1.165) is 30.4 Å². The minimum atomic E-state index is 0.663. The average Bonchev–Trinajstić information content (AvgIpc) is 2.67. The molecular weight excluding hydrogens is 320 g/mol. The molecule has 3 nitrogen and oxygen atoms in total. The van der Waals surface area contributed by atoms with Crippen molar-refractivity contribution in [2.24, 2.45) is 0 Å². The van der Waals surface area contributed by atoms with Crippen molar-refractivity contribution in [3.05, 3.63) is 47.4 Å². The highest BCUT2D eigenvalue weighted by Gasteiger charge is 1.95. The van der Waals surface area contributed by atoms with Gasteiger partial charge in [0, 0.05) is 25.2 Å². The number of allylic oxidation sites excluding steroid dienone is 2. The summed E-state index contributed by atoms with van der Waals surface area (Å²) in [4.78, 5) is 4.16. The lowest BCUT2D eigenvalue weighted by molar-refractivity contribution is -0.454. The van der Waals surface area contributed by atoms with Gasteiger partial charge in [-0.05, 0) is 63.0 Å². The van der Waals surface area contributed by atoms with Crippen LogP contribution in [0.3, 0.4) is 0 Å². The SMILES string of the molecule is CCC/C=[N+](\[O-])CCCCCC/C=C\CCCCCCc1cccnc1. The van der Waals surface area contributed by atoms with Gasteiger partial charge in [0.1, 0.15) is 0 Å². The normalized spacial score (nSPS) is 12.1. The van der Waals surface area contributed by atoms with Gasteiger partial charge in [0.2, 0.25) is 0 Å². The second kappa shape index (κ2) is 16.8. The first-order valence-electron chi connectivity index (χ1n) is 10.6. The molecule has 0 aromatic carbocycles. The molecule has 0 radical (unpaired) electrons. The fourth-order valence-corrected chi connectivity index (χ4v) is 2.97. The van der Waals surface area contributed by atoms with E-state index in [9.17, 15) is 5.21 Å². The maximum Gasteiger partial charge on any atom is 0.153 e. The number of hydrogen-bond donors (Lipinski definition) is 0. The quantitative estimate of drug-likeness (QED) is 0.0849. The highest BCUT2D eigenvalue weighted by atomic mass is 16.5. The molecule has 26 heavy (non-hydrogen) atoms. The number of rotatable bonds is 16. The molecule has 1 heterocycles. The highest BCUT2D eigenvalue weighted by molar-refractivity contribution is 5.50. The van der Waals surface area contributed by atoms with Gasteiger partial charge in [0.25, 0.3) is 0 Å². The summed E-state index contributed by atoms with van der Waals surface area (Å²) in [6, 6.07) is 4.18. The van der Waals surface area contributed by atoms with Crippen LogP contribution >= 0.6 is 0 Å². The van der Waals surface area contributed by atoms with E-state index in [1.807, 2.05) is 18.5 Å². The summed E-state index contributed by atoms with van der Waals surface area (Å²) in [5.74, 6) is 0. The fourth-order valence-electron chi connectivity index (χ4n) is 2.97. The first kappa shape index (κ1) is 22.4. The van der Waals surface area contributed by atoms with Crippen molar-refractivity contribution < 1.29 is 4.74 Å². The van der Waals surface area contributed by atoms with Crippen LogP contribution in [0.1, 0.15) is 89.5 Å². The van der Waals surface area contributed by atoms with Crippen LogP contribution in [-0.2, 0) is 6.42 Å². The molecule has 0 aliphatic carbocycles. The summed E-state index contributed by atoms with van der Waals surface area (Å²) in [7, 11) is 0. The molecule has 1 aromatic rings. The Hall–Kier alpha value is -1.64. The van der Waals surface area contributed by atoms with Crippen molar-refractivity contribution in [2.75, 3.05) is 6.54 Å². The number of aromatic nitrogens is 1. The van der Waals surface area contributed by atoms with Crippen molar-refractivity contribution in [2.45, 2.75) is 90.4 Å². The predicted molar refractivity (Wildman–Crippen MR) is 113 cm³/mol. The third-order valence-corrected chi connectivity index (χ3v) is 4.60. The number of nitrogens with zero attached hydrogens (tertiary/aromatic N) is 2. The standard InChI is InChI=1S/C23H38N2O/c1-2-3-20-25(26)21-15-13-11-9-7-5-4-6-8-10-12-14-17-23-18-16-19-24-22-23/h4-5,16,18-20,22H,2-3,6-15,17,21H2,1H3/b5-4-,25-20-. The molecule has 0 amide bonds. The first-order valence-corrected chi connectivity index (χ1v) is 10.6. The number of pyridine rings is 1. The van der Waals surface area contributed by atoms with E-state index in [-0.39, 0.29) is 0 Å². The molecule has 1 aromatic heterocycles. The van der Waals surface area contributed by atoms with Crippen LogP contribution in [0, 0.1) is 5.21 Å². The lowest BCUT2D eigenvalue weighted by Crippen LogP contribution is -2.06. The summed E-state index contributed by atoms with van der Waals surface area (Å²) in [5, 5.41) is 11.4. The van der Waals surface area contributed by atoms with Crippen LogP contribution in [0.2, 0.25) is 0 Å².